The standard InChI is InChI=1S/C23H35N5O2/c1-4-24-23(28-14-12-27(13-15-28)17-21-10-16-30-26-21)25-11-9-20-5-7-22(8-6-20)29-18-19(2)3/h5-8,10,16,19H,4,9,11-15,17-18H2,1-3H3,(H,24,25). The molecule has 7 nitrogen and oxygen atoms in total. The van der Waals surface area contributed by atoms with Crippen molar-refractivity contribution in [1.29, 1.82) is 0 Å². The second-order valence-corrected chi connectivity index (χ2v) is 8.09. The van der Waals surface area contributed by atoms with E-state index in [-0.39, 0.29) is 0 Å². The molecule has 2 aromatic rings. The monoisotopic (exact) mass is 413 g/mol. The summed E-state index contributed by atoms with van der Waals surface area (Å²) in [4.78, 5) is 9.63. The Bertz CT molecular complexity index is 750. The fourth-order valence-electron chi connectivity index (χ4n) is 3.40. The lowest BCUT2D eigenvalue weighted by molar-refractivity contribution is 0.169. The highest BCUT2D eigenvalue weighted by atomic mass is 16.5. The van der Waals surface area contributed by atoms with Crippen LogP contribution < -0.4 is 10.1 Å². The highest BCUT2D eigenvalue weighted by Crippen LogP contribution is 2.14. The molecule has 1 N–H and O–H groups in total. The number of rotatable bonds is 9. The molecular formula is C23H35N5O2. The second kappa shape index (κ2) is 11.6. The zero-order valence-corrected chi connectivity index (χ0v) is 18.5. The number of aromatic nitrogens is 1. The van der Waals surface area contributed by atoms with Gasteiger partial charge in [-0.1, -0.05) is 31.1 Å². The molecule has 0 bridgehead atoms. The number of hydrogen-bond donors (Lipinski definition) is 1. The van der Waals surface area contributed by atoms with Gasteiger partial charge in [0.15, 0.2) is 5.96 Å². The molecule has 0 aliphatic carbocycles. The number of nitrogens with one attached hydrogen (secondary N) is 1. The Morgan fingerprint density at radius 1 is 1.17 bits per heavy atom. The van der Waals surface area contributed by atoms with Crippen LogP contribution in [-0.2, 0) is 13.0 Å². The minimum absolute atomic E-state index is 0.535. The number of piperazine rings is 1. The first-order valence-corrected chi connectivity index (χ1v) is 11.0. The number of benzene rings is 1. The normalized spacial score (nSPS) is 15.6. The summed E-state index contributed by atoms with van der Waals surface area (Å²) >= 11 is 0. The van der Waals surface area contributed by atoms with Crippen LogP contribution >= 0.6 is 0 Å². The van der Waals surface area contributed by atoms with Crippen LogP contribution in [0.3, 0.4) is 0 Å². The summed E-state index contributed by atoms with van der Waals surface area (Å²) in [6.45, 7) is 13.6. The van der Waals surface area contributed by atoms with Crippen LogP contribution in [0.5, 0.6) is 5.75 Å². The van der Waals surface area contributed by atoms with Crippen molar-refractivity contribution in [2.45, 2.75) is 33.7 Å². The fraction of sp³-hybridized carbons (Fsp3) is 0.565. The Hall–Kier alpha value is -2.54. The van der Waals surface area contributed by atoms with Crippen molar-refractivity contribution in [2.75, 3.05) is 45.9 Å². The maximum absolute atomic E-state index is 5.76. The number of ether oxygens (including phenoxy) is 1. The number of aliphatic imine (C=N–C) groups is 1. The Balaban J connectivity index is 1.46. The van der Waals surface area contributed by atoms with Gasteiger partial charge in [0.25, 0.3) is 0 Å². The first-order chi connectivity index (χ1) is 14.6. The quantitative estimate of drug-likeness (QED) is 0.504. The van der Waals surface area contributed by atoms with Crippen molar-refractivity contribution in [3.8, 4) is 5.75 Å². The summed E-state index contributed by atoms with van der Waals surface area (Å²) in [6.07, 6.45) is 2.55. The van der Waals surface area contributed by atoms with Crippen LogP contribution in [0.1, 0.15) is 32.0 Å². The van der Waals surface area contributed by atoms with Crippen LogP contribution in [-0.4, -0.2) is 66.8 Å². The van der Waals surface area contributed by atoms with Crippen molar-refractivity contribution in [1.82, 2.24) is 20.3 Å². The Morgan fingerprint density at radius 2 is 1.93 bits per heavy atom. The van der Waals surface area contributed by atoms with Crippen molar-refractivity contribution >= 4 is 5.96 Å². The van der Waals surface area contributed by atoms with Gasteiger partial charge < -0.3 is 19.5 Å². The minimum atomic E-state index is 0.535. The molecule has 0 radical (unpaired) electrons. The van der Waals surface area contributed by atoms with Gasteiger partial charge in [-0.3, -0.25) is 9.89 Å². The second-order valence-electron chi connectivity index (χ2n) is 8.09. The van der Waals surface area contributed by atoms with Gasteiger partial charge in [0, 0.05) is 51.9 Å². The molecule has 2 heterocycles. The molecule has 1 aromatic heterocycles. The molecule has 1 aliphatic heterocycles. The molecule has 0 saturated carbocycles. The lowest BCUT2D eigenvalue weighted by Gasteiger charge is -2.36. The Morgan fingerprint density at radius 3 is 2.57 bits per heavy atom. The topological polar surface area (TPSA) is 66.1 Å². The van der Waals surface area contributed by atoms with Gasteiger partial charge in [-0.25, -0.2) is 0 Å². The molecule has 0 atom stereocenters. The SMILES string of the molecule is CCNC(=NCCc1ccc(OCC(C)C)cc1)N1CCN(Cc2ccon2)CC1. The van der Waals surface area contributed by atoms with E-state index in [9.17, 15) is 0 Å². The third kappa shape index (κ3) is 7.06. The Kier molecular flexibility index (Phi) is 8.56. The fourth-order valence-corrected chi connectivity index (χ4v) is 3.40. The summed E-state index contributed by atoms with van der Waals surface area (Å²) in [6, 6.07) is 10.3. The summed E-state index contributed by atoms with van der Waals surface area (Å²) < 4.78 is 10.7. The van der Waals surface area contributed by atoms with E-state index in [0.29, 0.717) is 5.92 Å². The van der Waals surface area contributed by atoms with E-state index in [0.717, 1.165) is 76.2 Å². The third-order valence-electron chi connectivity index (χ3n) is 5.05. The van der Waals surface area contributed by atoms with E-state index in [1.54, 1.807) is 6.26 Å². The molecule has 1 saturated heterocycles. The molecule has 164 valence electrons. The van der Waals surface area contributed by atoms with E-state index in [4.69, 9.17) is 14.3 Å². The van der Waals surface area contributed by atoms with E-state index in [1.165, 1.54) is 5.56 Å². The van der Waals surface area contributed by atoms with Gasteiger partial charge >= 0.3 is 0 Å². The molecule has 3 rings (SSSR count). The van der Waals surface area contributed by atoms with E-state index < -0.39 is 0 Å². The van der Waals surface area contributed by atoms with Crippen molar-refractivity contribution in [3.63, 3.8) is 0 Å². The molecule has 1 fully saturated rings. The van der Waals surface area contributed by atoms with Crippen LogP contribution in [0.15, 0.2) is 46.1 Å². The van der Waals surface area contributed by atoms with Gasteiger partial charge in [0.05, 0.1) is 12.3 Å². The Labute approximate surface area is 180 Å². The molecule has 7 heteroatoms. The molecule has 1 aliphatic rings. The summed E-state index contributed by atoms with van der Waals surface area (Å²) in [5.41, 5.74) is 2.27. The summed E-state index contributed by atoms with van der Waals surface area (Å²) in [7, 11) is 0. The number of hydrogen-bond acceptors (Lipinski definition) is 5. The molecule has 0 amide bonds. The average molecular weight is 414 g/mol. The van der Waals surface area contributed by atoms with E-state index >= 15 is 0 Å². The van der Waals surface area contributed by atoms with Gasteiger partial charge in [-0.15, -0.1) is 0 Å². The van der Waals surface area contributed by atoms with Crippen LogP contribution in [0.4, 0.5) is 0 Å². The molecule has 0 unspecified atom stereocenters. The van der Waals surface area contributed by atoms with Crippen LogP contribution in [0, 0.1) is 5.92 Å². The molecular weight excluding hydrogens is 378 g/mol. The average Bonchev–Trinajstić information content (AvgIpc) is 3.26. The van der Waals surface area contributed by atoms with E-state index in [2.05, 4.69) is 65.3 Å². The lowest BCUT2D eigenvalue weighted by Crippen LogP contribution is -2.52. The maximum atomic E-state index is 5.76. The number of nitrogens with zero attached hydrogens (tertiary/aromatic N) is 4. The van der Waals surface area contributed by atoms with Crippen LogP contribution in [0.2, 0.25) is 0 Å². The maximum Gasteiger partial charge on any atom is 0.194 e. The zero-order valence-electron chi connectivity index (χ0n) is 18.5. The highest BCUT2D eigenvalue weighted by molar-refractivity contribution is 5.80. The zero-order chi connectivity index (χ0) is 21.2. The molecule has 30 heavy (non-hydrogen) atoms. The largest absolute Gasteiger partial charge is 0.493 e. The van der Waals surface area contributed by atoms with Crippen molar-refractivity contribution in [3.05, 3.63) is 47.9 Å². The third-order valence-corrected chi connectivity index (χ3v) is 5.05. The summed E-state index contributed by atoms with van der Waals surface area (Å²) in [5, 5.41) is 7.46. The predicted octanol–water partition coefficient (Wildman–Crippen LogP) is 3.04. The van der Waals surface area contributed by atoms with Crippen molar-refractivity contribution in [2.24, 2.45) is 10.9 Å². The lowest BCUT2D eigenvalue weighted by atomic mass is 10.1. The predicted molar refractivity (Wildman–Crippen MR) is 120 cm³/mol. The minimum Gasteiger partial charge on any atom is -0.493 e. The van der Waals surface area contributed by atoms with Crippen molar-refractivity contribution < 1.29 is 9.26 Å². The van der Waals surface area contributed by atoms with Crippen LogP contribution in [0.25, 0.3) is 0 Å². The first kappa shape index (κ1) is 22.2. The molecule has 0 spiro atoms. The summed E-state index contributed by atoms with van der Waals surface area (Å²) in [5.74, 6) is 2.48. The first-order valence-electron chi connectivity index (χ1n) is 11.0. The van der Waals surface area contributed by atoms with Gasteiger partial charge in [0.2, 0.25) is 0 Å². The van der Waals surface area contributed by atoms with Gasteiger partial charge in [-0.05, 0) is 37.0 Å². The molecule has 1 aromatic carbocycles. The highest BCUT2D eigenvalue weighted by Gasteiger charge is 2.20. The van der Waals surface area contributed by atoms with Gasteiger partial charge in [0.1, 0.15) is 12.0 Å². The smallest absolute Gasteiger partial charge is 0.194 e. The number of guanidine groups is 1. The van der Waals surface area contributed by atoms with Gasteiger partial charge in [-0.2, -0.15) is 0 Å². The van der Waals surface area contributed by atoms with E-state index in [1.807, 2.05) is 6.07 Å².